The van der Waals surface area contributed by atoms with E-state index in [1.807, 2.05) is 6.92 Å². The molecule has 2 heterocycles. The molecule has 27 heavy (non-hydrogen) atoms. The first-order valence-corrected chi connectivity index (χ1v) is 8.96. The molecule has 2 aromatic rings. The van der Waals surface area contributed by atoms with Crippen LogP contribution < -0.4 is 4.74 Å². The van der Waals surface area contributed by atoms with Crippen molar-refractivity contribution < 1.29 is 23.1 Å². The highest BCUT2D eigenvalue weighted by Gasteiger charge is 2.24. The van der Waals surface area contributed by atoms with Crippen LogP contribution in [0.4, 0.5) is 9.18 Å². The fraction of sp³-hybridized carbons (Fsp3) is 0.474. The number of oxazole rings is 1. The summed E-state index contributed by atoms with van der Waals surface area (Å²) >= 11 is 0. The van der Waals surface area contributed by atoms with Gasteiger partial charge in [-0.05, 0) is 26.0 Å². The summed E-state index contributed by atoms with van der Waals surface area (Å²) in [6.07, 6.45) is -0.271. The average molecular weight is 377 g/mol. The number of amides is 1. The molecule has 3 rings (SSSR count). The first-order valence-electron chi connectivity index (χ1n) is 8.96. The third-order valence-electron chi connectivity index (χ3n) is 4.57. The number of ether oxygens (including phenoxy) is 2. The van der Waals surface area contributed by atoms with Gasteiger partial charge in [-0.1, -0.05) is 0 Å². The molecule has 0 radical (unpaired) electrons. The summed E-state index contributed by atoms with van der Waals surface area (Å²) in [6, 6.07) is 4.58. The second kappa shape index (κ2) is 8.39. The maximum Gasteiger partial charge on any atom is 0.409 e. The lowest BCUT2D eigenvalue weighted by Gasteiger charge is -2.33. The molecule has 0 saturated carbocycles. The van der Waals surface area contributed by atoms with Crippen molar-refractivity contribution >= 4 is 6.09 Å². The van der Waals surface area contributed by atoms with Crippen LogP contribution in [-0.4, -0.2) is 60.8 Å². The summed E-state index contributed by atoms with van der Waals surface area (Å²) in [4.78, 5) is 20.1. The Morgan fingerprint density at radius 2 is 2.04 bits per heavy atom. The second-order valence-electron chi connectivity index (χ2n) is 6.33. The van der Waals surface area contributed by atoms with E-state index in [0.717, 1.165) is 18.8 Å². The van der Waals surface area contributed by atoms with Crippen molar-refractivity contribution in [1.29, 1.82) is 0 Å². The Morgan fingerprint density at radius 3 is 2.67 bits per heavy atom. The Bertz CT molecular complexity index is 800. The van der Waals surface area contributed by atoms with Crippen molar-refractivity contribution in [1.82, 2.24) is 14.8 Å². The molecule has 0 bridgehead atoms. The van der Waals surface area contributed by atoms with Crippen molar-refractivity contribution in [3.63, 3.8) is 0 Å². The average Bonchev–Trinajstić information content (AvgIpc) is 3.02. The van der Waals surface area contributed by atoms with Gasteiger partial charge in [0.2, 0.25) is 5.89 Å². The summed E-state index contributed by atoms with van der Waals surface area (Å²) < 4.78 is 30.0. The van der Waals surface area contributed by atoms with Gasteiger partial charge in [-0.15, -0.1) is 0 Å². The molecule has 1 fully saturated rings. The molecule has 1 saturated heterocycles. The Balaban J connectivity index is 1.65. The maximum absolute atomic E-state index is 14.3. The van der Waals surface area contributed by atoms with E-state index >= 15 is 0 Å². The molecule has 7 nitrogen and oxygen atoms in total. The fourth-order valence-electron chi connectivity index (χ4n) is 3.00. The molecule has 1 amide bonds. The van der Waals surface area contributed by atoms with Gasteiger partial charge in [0, 0.05) is 38.8 Å². The molecular weight excluding hydrogens is 353 g/mol. The SMILES string of the molecule is CCOC(=O)N1CCN(Cc2nc(-c3ccc(OC)cc3F)oc2C)CC1. The number of piperazine rings is 1. The molecule has 0 spiro atoms. The zero-order valence-corrected chi connectivity index (χ0v) is 15.8. The molecule has 0 atom stereocenters. The molecule has 0 aliphatic carbocycles. The van der Waals surface area contributed by atoms with Gasteiger partial charge in [-0.2, -0.15) is 0 Å². The number of carbonyl (C=O) groups excluding carboxylic acids is 1. The van der Waals surface area contributed by atoms with E-state index in [1.165, 1.54) is 13.2 Å². The lowest BCUT2D eigenvalue weighted by atomic mass is 10.2. The standard InChI is InChI=1S/C19H24FN3O4/c1-4-26-19(24)23-9-7-22(8-10-23)12-17-13(2)27-18(21-17)15-6-5-14(25-3)11-16(15)20/h5-6,11H,4,7-10,12H2,1-3H3. The number of hydrogen-bond donors (Lipinski definition) is 0. The molecule has 0 N–H and O–H groups in total. The van der Waals surface area contributed by atoms with Crippen LogP contribution in [0, 0.1) is 12.7 Å². The van der Waals surface area contributed by atoms with Crippen LogP contribution in [0.1, 0.15) is 18.4 Å². The van der Waals surface area contributed by atoms with Gasteiger partial charge < -0.3 is 18.8 Å². The van der Waals surface area contributed by atoms with Crippen LogP contribution in [0.25, 0.3) is 11.5 Å². The van der Waals surface area contributed by atoms with Crippen molar-refractivity contribution in [3.8, 4) is 17.2 Å². The lowest BCUT2D eigenvalue weighted by molar-refractivity contribution is 0.0774. The first kappa shape index (κ1) is 19.2. The highest BCUT2D eigenvalue weighted by Crippen LogP contribution is 2.27. The minimum absolute atomic E-state index is 0.257. The van der Waals surface area contributed by atoms with E-state index < -0.39 is 5.82 Å². The van der Waals surface area contributed by atoms with E-state index in [9.17, 15) is 9.18 Å². The predicted molar refractivity (Wildman–Crippen MR) is 97.1 cm³/mol. The minimum Gasteiger partial charge on any atom is -0.497 e. The van der Waals surface area contributed by atoms with Crippen LogP contribution >= 0.6 is 0 Å². The molecule has 146 valence electrons. The predicted octanol–water partition coefficient (Wildman–Crippen LogP) is 3.07. The normalized spacial score (nSPS) is 15.0. The Kier molecular flexibility index (Phi) is 5.95. The zero-order chi connectivity index (χ0) is 19.4. The summed E-state index contributed by atoms with van der Waals surface area (Å²) in [6.45, 7) is 7.23. The Morgan fingerprint density at radius 1 is 1.30 bits per heavy atom. The number of benzene rings is 1. The summed E-state index contributed by atoms with van der Waals surface area (Å²) in [5.41, 5.74) is 1.07. The van der Waals surface area contributed by atoms with Crippen LogP contribution in [0.3, 0.4) is 0 Å². The number of methoxy groups -OCH3 is 1. The number of rotatable bonds is 5. The van der Waals surface area contributed by atoms with Crippen molar-refractivity contribution in [2.75, 3.05) is 39.9 Å². The molecule has 1 aliphatic heterocycles. The van der Waals surface area contributed by atoms with Crippen molar-refractivity contribution in [3.05, 3.63) is 35.5 Å². The monoisotopic (exact) mass is 377 g/mol. The third-order valence-corrected chi connectivity index (χ3v) is 4.57. The molecular formula is C19H24FN3O4. The Hall–Kier alpha value is -2.61. The first-order chi connectivity index (χ1) is 13.0. The van der Waals surface area contributed by atoms with E-state index in [1.54, 1.807) is 24.0 Å². The fourth-order valence-corrected chi connectivity index (χ4v) is 3.00. The van der Waals surface area contributed by atoms with Gasteiger partial charge >= 0.3 is 6.09 Å². The number of aryl methyl sites for hydroxylation is 1. The highest BCUT2D eigenvalue weighted by molar-refractivity contribution is 5.67. The van der Waals surface area contributed by atoms with Gasteiger partial charge in [-0.3, -0.25) is 4.90 Å². The van der Waals surface area contributed by atoms with Gasteiger partial charge in [-0.25, -0.2) is 14.2 Å². The lowest BCUT2D eigenvalue weighted by Crippen LogP contribution is -2.48. The molecule has 1 aromatic heterocycles. The van der Waals surface area contributed by atoms with Crippen LogP contribution in [0.5, 0.6) is 5.75 Å². The third kappa shape index (κ3) is 4.39. The van der Waals surface area contributed by atoms with E-state index in [2.05, 4.69) is 9.88 Å². The molecule has 8 heteroatoms. The van der Waals surface area contributed by atoms with Crippen LogP contribution in [0.15, 0.2) is 22.6 Å². The summed E-state index contributed by atoms with van der Waals surface area (Å²) in [7, 11) is 1.49. The van der Waals surface area contributed by atoms with Gasteiger partial charge in [0.05, 0.1) is 25.0 Å². The van der Waals surface area contributed by atoms with E-state index in [4.69, 9.17) is 13.9 Å². The number of hydrogen-bond acceptors (Lipinski definition) is 6. The number of aromatic nitrogens is 1. The maximum atomic E-state index is 14.3. The smallest absolute Gasteiger partial charge is 0.409 e. The van der Waals surface area contributed by atoms with Crippen molar-refractivity contribution in [2.24, 2.45) is 0 Å². The molecule has 1 aliphatic rings. The van der Waals surface area contributed by atoms with E-state index in [-0.39, 0.29) is 12.0 Å². The minimum atomic E-state index is -0.440. The van der Waals surface area contributed by atoms with Crippen LogP contribution in [-0.2, 0) is 11.3 Å². The highest BCUT2D eigenvalue weighted by atomic mass is 19.1. The van der Waals surface area contributed by atoms with Gasteiger partial charge in [0.1, 0.15) is 17.3 Å². The van der Waals surface area contributed by atoms with E-state index in [0.29, 0.717) is 43.3 Å². The number of halogens is 1. The van der Waals surface area contributed by atoms with Crippen LogP contribution in [0.2, 0.25) is 0 Å². The Labute approximate surface area is 157 Å². The molecule has 1 aromatic carbocycles. The number of carbonyl (C=O) groups is 1. The summed E-state index contributed by atoms with van der Waals surface area (Å²) in [5, 5.41) is 0. The topological polar surface area (TPSA) is 68.0 Å². The number of nitrogens with zero attached hydrogens (tertiary/aromatic N) is 3. The van der Waals surface area contributed by atoms with Gasteiger partial charge in [0.15, 0.2) is 0 Å². The van der Waals surface area contributed by atoms with Crippen molar-refractivity contribution in [2.45, 2.75) is 20.4 Å². The molecule has 0 unspecified atom stereocenters. The second-order valence-corrected chi connectivity index (χ2v) is 6.33. The zero-order valence-electron chi connectivity index (χ0n) is 15.8. The van der Waals surface area contributed by atoms with Gasteiger partial charge in [0.25, 0.3) is 0 Å². The largest absolute Gasteiger partial charge is 0.497 e. The quantitative estimate of drug-likeness (QED) is 0.798. The summed E-state index contributed by atoms with van der Waals surface area (Å²) in [5.74, 6) is 0.922.